The van der Waals surface area contributed by atoms with Crippen molar-refractivity contribution in [1.82, 2.24) is 4.98 Å². The standard InChI is InChI=1S/C18H17N3O/c1-13(2)20-21-18-19-16(14-9-5-3-6-10-14)17(22-18)15-11-7-4-8-12-15/h3-12H,1-2H3,(H,19,21). The molecule has 110 valence electrons. The second kappa shape index (κ2) is 6.26. The smallest absolute Gasteiger partial charge is 0.316 e. The van der Waals surface area contributed by atoms with Crippen LogP contribution < -0.4 is 5.43 Å². The average Bonchev–Trinajstić information content (AvgIpc) is 2.99. The molecule has 0 atom stereocenters. The molecule has 1 heterocycles. The van der Waals surface area contributed by atoms with Crippen LogP contribution in [0.5, 0.6) is 0 Å². The third-order valence-electron chi connectivity index (χ3n) is 3.09. The summed E-state index contributed by atoms with van der Waals surface area (Å²) in [6, 6.07) is 20.3. The second-order valence-electron chi connectivity index (χ2n) is 5.10. The first-order valence-corrected chi connectivity index (χ1v) is 7.12. The minimum Gasteiger partial charge on any atom is -0.422 e. The van der Waals surface area contributed by atoms with Gasteiger partial charge in [-0.05, 0) is 13.8 Å². The van der Waals surface area contributed by atoms with Crippen LogP contribution in [0, 0.1) is 0 Å². The van der Waals surface area contributed by atoms with Gasteiger partial charge in [-0.25, -0.2) is 5.43 Å². The van der Waals surface area contributed by atoms with Crippen molar-refractivity contribution in [2.24, 2.45) is 5.10 Å². The van der Waals surface area contributed by atoms with E-state index in [9.17, 15) is 0 Å². The Morgan fingerprint density at radius 1 is 0.909 bits per heavy atom. The molecule has 0 saturated heterocycles. The van der Waals surface area contributed by atoms with Crippen molar-refractivity contribution in [3.8, 4) is 22.6 Å². The highest BCUT2D eigenvalue weighted by Crippen LogP contribution is 2.34. The van der Waals surface area contributed by atoms with E-state index in [1.807, 2.05) is 74.5 Å². The molecule has 3 rings (SSSR count). The molecule has 0 aliphatic heterocycles. The number of hydrazone groups is 1. The highest BCUT2D eigenvalue weighted by Gasteiger charge is 2.16. The molecule has 1 aromatic heterocycles. The number of anilines is 1. The molecule has 0 radical (unpaired) electrons. The molecule has 0 aliphatic carbocycles. The van der Waals surface area contributed by atoms with E-state index in [1.54, 1.807) is 0 Å². The van der Waals surface area contributed by atoms with Crippen LogP contribution in [0.1, 0.15) is 13.8 Å². The Labute approximate surface area is 129 Å². The average molecular weight is 291 g/mol. The van der Waals surface area contributed by atoms with Crippen LogP contribution in [-0.4, -0.2) is 10.7 Å². The molecule has 22 heavy (non-hydrogen) atoms. The summed E-state index contributed by atoms with van der Waals surface area (Å²) in [4.78, 5) is 4.54. The van der Waals surface area contributed by atoms with Crippen LogP contribution in [0.15, 0.2) is 70.2 Å². The molecule has 1 N–H and O–H groups in total. The molecule has 3 aromatic rings. The van der Waals surface area contributed by atoms with Crippen molar-refractivity contribution < 1.29 is 4.42 Å². The number of hydrogen-bond acceptors (Lipinski definition) is 4. The highest BCUT2D eigenvalue weighted by atomic mass is 16.4. The van der Waals surface area contributed by atoms with Crippen molar-refractivity contribution >= 4 is 11.7 Å². The van der Waals surface area contributed by atoms with Crippen molar-refractivity contribution in [1.29, 1.82) is 0 Å². The predicted molar refractivity (Wildman–Crippen MR) is 89.8 cm³/mol. The molecule has 0 saturated carbocycles. The molecule has 0 spiro atoms. The lowest BCUT2D eigenvalue weighted by Gasteiger charge is -2.00. The summed E-state index contributed by atoms with van der Waals surface area (Å²) in [7, 11) is 0. The lowest BCUT2D eigenvalue weighted by atomic mass is 10.1. The summed E-state index contributed by atoms with van der Waals surface area (Å²) >= 11 is 0. The van der Waals surface area contributed by atoms with Crippen LogP contribution >= 0.6 is 0 Å². The lowest BCUT2D eigenvalue weighted by Crippen LogP contribution is -1.92. The molecular weight excluding hydrogens is 274 g/mol. The summed E-state index contributed by atoms with van der Waals surface area (Å²) < 4.78 is 5.88. The normalized spacial score (nSPS) is 10.3. The van der Waals surface area contributed by atoms with Crippen LogP contribution in [0.4, 0.5) is 6.01 Å². The van der Waals surface area contributed by atoms with Gasteiger partial charge < -0.3 is 4.42 Å². The predicted octanol–water partition coefficient (Wildman–Crippen LogP) is 4.82. The van der Waals surface area contributed by atoms with E-state index in [4.69, 9.17) is 4.42 Å². The number of benzene rings is 2. The highest BCUT2D eigenvalue weighted by molar-refractivity contribution is 5.80. The van der Waals surface area contributed by atoms with Gasteiger partial charge in [0.05, 0.1) is 0 Å². The van der Waals surface area contributed by atoms with Gasteiger partial charge in [0.25, 0.3) is 0 Å². The van der Waals surface area contributed by atoms with Gasteiger partial charge in [0.2, 0.25) is 0 Å². The number of hydrogen-bond donors (Lipinski definition) is 1. The molecule has 0 amide bonds. The van der Waals surface area contributed by atoms with Crippen LogP contribution in [0.25, 0.3) is 22.6 Å². The van der Waals surface area contributed by atoms with Gasteiger partial charge in [0.15, 0.2) is 5.76 Å². The Hall–Kier alpha value is -2.88. The third-order valence-corrected chi connectivity index (χ3v) is 3.09. The minimum atomic E-state index is 0.388. The van der Waals surface area contributed by atoms with Crippen LogP contribution in [0.3, 0.4) is 0 Å². The van der Waals surface area contributed by atoms with Crippen molar-refractivity contribution in [3.63, 3.8) is 0 Å². The Kier molecular flexibility index (Phi) is 4.01. The molecule has 4 nitrogen and oxygen atoms in total. The fraction of sp³-hybridized carbons (Fsp3) is 0.111. The zero-order chi connectivity index (χ0) is 15.4. The number of rotatable bonds is 4. The van der Waals surface area contributed by atoms with E-state index in [1.165, 1.54) is 0 Å². The molecule has 2 aromatic carbocycles. The molecule has 4 heteroatoms. The van der Waals surface area contributed by atoms with E-state index in [0.29, 0.717) is 6.01 Å². The largest absolute Gasteiger partial charge is 0.422 e. The first-order valence-electron chi connectivity index (χ1n) is 7.12. The maximum Gasteiger partial charge on any atom is 0.316 e. The molecule has 0 aliphatic rings. The van der Waals surface area contributed by atoms with E-state index < -0.39 is 0 Å². The van der Waals surface area contributed by atoms with Gasteiger partial charge >= 0.3 is 6.01 Å². The van der Waals surface area contributed by atoms with Crippen molar-refractivity contribution in [2.45, 2.75) is 13.8 Å². The quantitative estimate of drug-likeness (QED) is 0.554. The Balaban J connectivity index is 2.08. The monoisotopic (exact) mass is 291 g/mol. The van der Waals surface area contributed by atoms with Gasteiger partial charge in [0.1, 0.15) is 5.69 Å². The first-order chi connectivity index (χ1) is 10.7. The Bertz CT molecular complexity index is 716. The summed E-state index contributed by atoms with van der Waals surface area (Å²) in [6.07, 6.45) is 0. The van der Waals surface area contributed by atoms with Gasteiger partial charge in [-0.3, -0.25) is 0 Å². The number of oxazole rings is 1. The minimum absolute atomic E-state index is 0.388. The van der Waals surface area contributed by atoms with Gasteiger partial charge in [-0.15, -0.1) is 0 Å². The van der Waals surface area contributed by atoms with Crippen LogP contribution in [0.2, 0.25) is 0 Å². The summed E-state index contributed by atoms with van der Waals surface area (Å²) in [5.41, 5.74) is 6.56. The zero-order valence-corrected chi connectivity index (χ0v) is 12.6. The summed E-state index contributed by atoms with van der Waals surface area (Å²) in [5.74, 6) is 0.734. The fourth-order valence-corrected chi connectivity index (χ4v) is 2.10. The molecular formula is C18H17N3O. The maximum atomic E-state index is 5.88. The van der Waals surface area contributed by atoms with Crippen LogP contribution in [-0.2, 0) is 0 Å². The SMILES string of the molecule is CC(C)=NNc1nc(-c2ccccc2)c(-c2ccccc2)o1. The number of nitrogens with one attached hydrogen (secondary N) is 1. The molecule has 0 unspecified atom stereocenters. The van der Waals surface area contributed by atoms with E-state index in [-0.39, 0.29) is 0 Å². The third kappa shape index (κ3) is 3.06. The van der Waals surface area contributed by atoms with E-state index >= 15 is 0 Å². The Morgan fingerprint density at radius 2 is 1.50 bits per heavy atom. The summed E-state index contributed by atoms with van der Waals surface area (Å²) in [5, 5.41) is 4.15. The Morgan fingerprint density at radius 3 is 2.09 bits per heavy atom. The topological polar surface area (TPSA) is 50.4 Å². The molecule has 0 fully saturated rings. The molecule has 0 bridgehead atoms. The maximum absolute atomic E-state index is 5.88. The zero-order valence-electron chi connectivity index (χ0n) is 12.6. The van der Waals surface area contributed by atoms with E-state index in [2.05, 4.69) is 15.5 Å². The first kappa shape index (κ1) is 14.1. The fourth-order valence-electron chi connectivity index (χ4n) is 2.10. The van der Waals surface area contributed by atoms with Crippen molar-refractivity contribution in [2.75, 3.05) is 5.43 Å². The number of aromatic nitrogens is 1. The van der Waals surface area contributed by atoms with Gasteiger partial charge in [0, 0.05) is 16.8 Å². The lowest BCUT2D eigenvalue weighted by molar-refractivity contribution is 0.587. The van der Waals surface area contributed by atoms with Crippen molar-refractivity contribution in [3.05, 3.63) is 60.7 Å². The van der Waals surface area contributed by atoms with Gasteiger partial charge in [-0.2, -0.15) is 10.1 Å². The second-order valence-corrected chi connectivity index (χ2v) is 5.10. The van der Waals surface area contributed by atoms with E-state index in [0.717, 1.165) is 28.3 Å². The summed E-state index contributed by atoms with van der Waals surface area (Å²) in [6.45, 7) is 3.82. The van der Waals surface area contributed by atoms with Gasteiger partial charge in [-0.1, -0.05) is 60.7 Å². The number of nitrogens with zero attached hydrogens (tertiary/aromatic N) is 2.